The Bertz CT molecular complexity index is 959. The van der Waals surface area contributed by atoms with Gasteiger partial charge in [0.15, 0.2) is 5.65 Å². The zero-order valence-corrected chi connectivity index (χ0v) is 16.8. The lowest BCUT2D eigenvalue weighted by atomic mass is 9.87. The van der Waals surface area contributed by atoms with Crippen LogP contribution in [0.3, 0.4) is 0 Å². The summed E-state index contributed by atoms with van der Waals surface area (Å²) in [5, 5.41) is 10.6. The number of carbonyl (C=O) groups is 1. The van der Waals surface area contributed by atoms with Gasteiger partial charge in [0, 0.05) is 23.2 Å². The number of amides is 1. The standard InChI is InChI=1S/C21H27N5O/c1-20(2,3)15-9-7-14(8-10-15)19(27)24-16-13-18(25-21(4,5)6)26-17(23-16)11-12-22-26/h7-13,25H,1-6H3,(H,23,24,27). The first-order valence-corrected chi connectivity index (χ1v) is 9.08. The summed E-state index contributed by atoms with van der Waals surface area (Å²) in [4.78, 5) is 17.1. The predicted octanol–water partition coefficient (Wildman–Crippen LogP) is 4.49. The van der Waals surface area contributed by atoms with E-state index in [0.717, 1.165) is 5.82 Å². The molecule has 0 spiro atoms. The second-order valence-corrected chi connectivity index (χ2v) is 8.78. The van der Waals surface area contributed by atoms with Gasteiger partial charge in [0.1, 0.15) is 11.6 Å². The van der Waals surface area contributed by atoms with E-state index in [9.17, 15) is 4.79 Å². The molecule has 1 aromatic carbocycles. The lowest BCUT2D eigenvalue weighted by Gasteiger charge is -2.22. The topological polar surface area (TPSA) is 71.3 Å². The van der Waals surface area contributed by atoms with Gasteiger partial charge < -0.3 is 10.6 Å². The van der Waals surface area contributed by atoms with E-state index in [0.29, 0.717) is 17.0 Å². The van der Waals surface area contributed by atoms with E-state index >= 15 is 0 Å². The van der Waals surface area contributed by atoms with E-state index in [1.807, 2.05) is 30.3 Å². The minimum absolute atomic E-state index is 0.0527. The van der Waals surface area contributed by atoms with Gasteiger partial charge in [0.05, 0.1) is 6.20 Å². The van der Waals surface area contributed by atoms with Crippen molar-refractivity contribution < 1.29 is 4.79 Å². The number of nitrogens with zero attached hydrogens (tertiary/aromatic N) is 3. The van der Waals surface area contributed by atoms with Crippen molar-refractivity contribution in [1.29, 1.82) is 0 Å². The summed E-state index contributed by atoms with van der Waals surface area (Å²) < 4.78 is 1.72. The van der Waals surface area contributed by atoms with E-state index in [4.69, 9.17) is 0 Å². The second kappa shape index (κ2) is 6.68. The molecule has 2 aromatic heterocycles. The molecule has 27 heavy (non-hydrogen) atoms. The molecule has 0 radical (unpaired) electrons. The summed E-state index contributed by atoms with van der Waals surface area (Å²) in [7, 11) is 0. The SMILES string of the molecule is CC(C)(C)Nc1cc(NC(=O)c2ccc(C(C)(C)C)cc2)nc2ccnn12. The molecule has 0 aliphatic rings. The molecule has 1 amide bonds. The molecule has 6 nitrogen and oxygen atoms in total. The molecule has 2 N–H and O–H groups in total. The highest BCUT2D eigenvalue weighted by molar-refractivity contribution is 6.04. The Hall–Kier alpha value is -2.89. The molecule has 6 heteroatoms. The first kappa shape index (κ1) is 18.9. The predicted molar refractivity (Wildman–Crippen MR) is 109 cm³/mol. The van der Waals surface area contributed by atoms with Crippen molar-refractivity contribution in [3.05, 3.63) is 53.7 Å². The van der Waals surface area contributed by atoms with E-state index in [-0.39, 0.29) is 16.9 Å². The van der Waals surface area contributed by atoms with Crippen LogP contribution >= 0.6 is 0 Å². The average Bonchev–Trinajstić information content (AvgIpc) is 3.01. The number of nitrogens with one attached hydrogen (secondary N) is 2. The van der Waals surface area contributed by atoms with Gasteiger partial charge in [-0.05, 0) is 43.9 Å². The van der Waals surface area contributed by atoms with Crippen LogP contribution in [-0.4, -0.2) is 26.0 Å². The first-order valence-electron chi connectivity index (χ1n) is 9.08. The van der Waals surface area contributed by atoms with Gasteiger partial charge in [0.2, 0.25) is 0 Å². The fraction of sp³-hybridized carbons (Fsp3) is 0.381. The van der Waals surface area contributed by atoms with Crippen molar-refractivity contribution in [2.75, 3.05) is 10.6 Å². The van der Waals surface area contributed by atoms with Crippen molar-refractivity contribution in [1.82, 2.24) is 14.6 Å². The fourth-order valence-corrected chi connectivity index (χ4v) is 2.76. The number of benzene rings is 1. The molecular weight excluding hydrogens is 338 g/mol. The molecule has 142 valence electrons. The summed E-state index contributed by atoms with van der Waals surface area (Å²) >= 11 is 0. The number of anilines is 2. The smallest absolute Gasteiger partial charge is 0.256 e. The third-order valence-corrected chi connectivity index (χ3v) is 4.12. The molecule has 0 atom stereocenters. The Labute approximate surface area is 160 Å². The number of hydrogen-bond donors (Lipinski definition) is 2. The van der Waals surface area contributed by atoms with Crippen molar-refractivity contribution in [3.63, 3.8) is 0 Å². The van der Waals surface area contributed by atoms with Crippen molar-refractivity contribution in [3.8, 4) is 0 Å². The number of rotatable bonds is 3. The number of fused-ring (bicyclic) bond motifs is 1. The van der Waals surface area contributed by atoms with Crippen molar-refractivity contribution >= 4 is 23.2 Å². The van der Waals surface area contributed by atoms with Gasteiger partial charge in [-0.15, -0.1) is 0 Å². The van der Waals surface area contributed by atoms with Gasteiger partial charge in [-0.2, -0.15) is 9.61 Å². The molecule has 3 aromatic rings. The molecule has 0 saturated carbocycles. The molecule has 0 saturated heterocycles. The maximum atomic E-state index is 12.7. The van der Waals surface area contributed by atoms with E-state index < -0.39 is 0 Å². The lowest BCUT2D eigenvalue weighted by Crippen LogP contribution is -2.28. The fourth-order valence-electron chi connectivity index (χ4n) is 2.76. The van der Waals surface area contributed by atoms with E-state index in [1.54, 1.807) is 16.8 Å². The Kier molecular flexibility index (Phi) is 4.68. The maximum Gasteiger partial charge on any atom is 0.256 e. The Balaban J connectivity index is 1.86. The molecule has 0 aliphatic carbocycles. The molecule has 0 fully saturated rings. The van der Waals surface area contributed by atoms with E-state index in [1.165, 1.54) is 5.56 Å². The first-order chi connectivity index (χ1) is 12.5. The molecule has 3 rings (SSSR count). The van der Waals surface area contributed by atoms with Crippen LogP contribution in [0.5, 0.6) is 0 Å². The van der Waals surface area contributed by atoms with Gasteiger partial charge in [0.25, 0.3) is 5.91 Å². The molecular formula is C21H27N5O. The molecule has 2 heterocycles. The normalized spacial score (nSPS) is 12.2. The Morgan fingerprint density at radius 2 is 1.67 bits per heavy atom. The minimum Gasteiger partial charge on any atom is -0.365 e. The zero-order valence-electron chi connectivity index (χ0n) is 16.8. The second-order valence-electron chi connectivity index (χ2n) is 8.78. The average molecular weight is 365 g/mol. The highest BCUT2D eigenvalue weighted by Crippen LogP contribution is 2.23. The summed E-state index contributed by atoms with van der Waals surface area (Å²) in [5.41, 5.74) is 2.36. The molecule has 0 bridgehead atoms. The molecule has 0 unspecified atom stereocenters. The number of aromatic nitrogens is 3. The van der Waals surface area contributed by atoms with Crippen LogP contribution in [0.25, 0.3) is 5.65 Å². The van der Waals surface area contributed by atoms with Crippen LogP contribution in [-0.2, 0) is 5.41 Å². The number of carbonyl (C=O) groups excluding carboxylic acids is 1. The van der Waals surface area contributed by atoms with Gasteiger partial charge >= 0.3 is 0 Å². The maximum absolute atomic E-state index is 12.7. The largest absolute Gasteiger partial charge is 0.365 e. The highest BCUT2D eigenvalue weighted by atomic mass is 16.1. The summed E-state index contributed by atoms with van der Waals surface area (Å²) in [6, 6.07) is 11.3. The van der Waals surface area contributed by atoms with Gasteiger partial charge in [-0.25, -0.2) is 4.98 Å². The van der Waals surface area contributed by atoms with Gasteiger partial charge in [-0.1, -0.05) is 32.9 Å². The lowest BCUT2D eigenvalue weighted by molar-refractivity contribution is 0.102. The van der Waals surface area contributed by atoms with Crippen LogP contribution in [0.15, 0.2) is 42.6 Å². The zero-order chi connectivity index (χ0) is 19.8. The Morgan fingerprint density at radius 1 is 1.00 bits per heavy atom. The monoisotopic (exact) mass is 365 g/mol. The third-order valence-electron chi connectivity index (χ3n) is 4.12. The van der Waals surface area contributed by atoms with Gasteiger partial charge in [-0.3, -0.25) is 4.79 Å². The van der Waals surface area contributed by atoms with Crippen LogP contribution in [0.2, 0.25) is 0 Å². The number of hydrogen-bond acceptors (Lipinski definition) is 4. The van der Waals surface area contributed by atoms with Crippen LogP contribution in [0.1, 0.15) is 57.5 Å². The highest BCUT2D eigenvalue weighted by Gasteiger charge is 2.17. The molecule has 0 aliphatic heterocycles. The summed E-state index contributed by atoms with van der Waals surface area (Å²) in [5.74, 6) is 1.07. The summed E-state index contributed by atoms with van der Waals surface area (Å²) in [6.07, 6.45) is 1.69. The Morgan fingerprint density at radius 3 is 2.26 bits per heavy atom. The van der Waals surface area contributed by atoms with E-state index in [2.05, 4.69) is 62.3 Å². The quantitative estimate of drug-likeness (QED) is 0.717. The van der Waals surface area contributed by atoms with Crippen molar-refractivity contribution in [2.24, 2.45) is 0 Å². The minimum atomic E-state index is -0.187. The van der Waals surface area contributed by atoms with Crippen molar-refractivity contribution in [2.45, 2.75) is 52.5 Å². The van der Waals surface area contributed by atoms with Crippen LogP contribution < -0.4 is 10.6 Å². The summed E-state index contributed by atoms with van der Waals surface area (Å²) in [6.45, 7) is 12.6. The van der Waals surface area contributed by atoms with Crippen LogP contribution in [0.4, 0.5) is 11.6 Å². The van der Waals surface area contributed by atoms with Crippen LogP contribution in [0, 0.1) is 0 Å². The third kappa shape index (κ3) is 4.45.